The summed E-state index contributed by atoms with van der Waals surface area (Å²) < 4.78 is 0. The standard InChI is InChI=1S/C20H22N4O3/c1-2-15-3-5-18(6-4-15)22-19(26)16-11-17(13-21-12-16)20(27)24-9-7-23(14-25)8-10-24/h3-6,11-14H,2,7-10H2,1H3,(H,22,26). The fourth-order valence-corrected chi connectivity index (χ4v) is 2.92. The van der Waals surface area contributed by atoms with Crippen LogP contribution in [0.1, 0.15) is 33.2 Å². The fraction of sp³-hybridized carbons (Fsp3) is 0.300. The van der Waals surface area contributed by atoms with Crippen molar-refractivity contribution in [2.75, 3.05) is 31.5 Å². The van der Waals surface area contributed by atoms with Crippen molar-refractivity contribution in [3.05, 3.63) is 59.4 Å². The average Bonchev–Trinajstić information content (AvgIpc) is 2.74. The van der Waals surface area contributed by atoms with E-state index in [1.54, 1.807) is 15.9 Å². The van der Waals surface area contributed by atoms with Gasteiger partial charge in [0.1, 0.15) is 0 Å². The van der Waals surface area contributed by atoms with Gasteiger partial charge in [-0.25, -0.2) is 0 Å². The Morgan fingerprint density at radius 2 is 1.74 bits per heavy atom. The third kappa shape index (κ3) is 4.49. The molecular weight excluding hydrogens is 344 g/mol. The van der Waals surface area contributed by atoms with Gasteiger partial charge >= 0.3 is 0 Å². The van der Waals surface area contributed by atoms with Crippen LogP contribution in [0, 0.1) is 0 Å². The van der Waals surface area contributed by atoms with Crippen molar-refractivity contribution in [2.45, 2.75) is 13.3 Å². The molecule has 1 N–H and O–H groups in total. The third-order valence-corrected chi connectivity index (χ3v) is 4.62. The molecule has 2 aromatic rings. The zero-order valence-electron chi connectivity index (χ0n) is 15.2. The highest BCUT2D eigenvalue weighted by Gasteiger charge is 2.22. The van der Waals surface area contributed by atoms with Crippen molar-refractivity contribution in [1.82, 2.24) is 14.8 Å². The highest BCUT2D eigenvalue weighted by Crippen LogP contribution is 2.13. The zero-order chi connectivity index (χ0) is 19.2. The Morgan fingerprint density at radius 1 is 1.07 bits per heavy atom. The van der Waals surface area contributed by atoms with Crippen LogP contribution in [0.2, 0.25) is 0 Å². The van der Waals surface area contributed by atoms with Gasteiger partial charge < -0.3 is 15.1 Å². The van der Waals surface area contributed by atoms with Crippen LogP contribution in [-0.4, -0.2) is 59.2 Å². The number of pyridine rings is 1. The van der Waals surface area contributed by atoms with Gasteiger partial charge in [-0.3, -0.25) is 19.4 Å². The van der Waals surface area contributed by atoms with Gasteiger partial charge in [-0.2, -0.15) is 0 Å². The summed E-state index contributed by atoms with van der Waals surface area (Å²) in [6.07, 6.45) is 4.63. The molecule has 1 saturated heterocycles. The second kappa shape index (κ2) is 8.44. The quantitative estimate of drug-likeness (QED) is 0.818. The van der Waals surface area contributed by atoms with Crippen molar-refractivity contribution in [2.24, 2.45) is 0 Å². The number of piperazine rings is 1. The number of aromatic nitrogens is 1. The van der Waals surface area contributed by atoms with Crippen LogP contribution in [0.5, 0.6) is 0 Å². The molecule has 7 nitrogen and oxygen atoms in total. The Kier molecular flexibility index (Phi) is 5.80. The number of benzene rings is 1. The molecule has 0 bridgehead atoms. The monoisotopic (exact) mass is 366 g/mol. The Balaban J connectivity index is 1.68. The first kappa shape index (κ1) is 18.6. The van der Waals surface area contributed by atoms with Crippen LogP contribution < -0.4 is 5.32 Å². The largest absolute Gasteiger partial charge is 0.342 e. The van der Waals surface area contributed by atoms with Crippen molar-refractivity contribution in [1.29, 1.82) is 0 Å². The smallest absolute Gasteiger partial charge is 0.257 e. The molecule has 27 heavy (non-hydrogen) atoms. The van der Waals surface area contributed by atoms with Gasteiger partial charge in [0.15, 0.2) is 0 Å². The van der Waals surface area contributed by atoms with Crippen molar-refractivity contribution in [3.8, 4) is 0 Å². The molecule has 1 aliphatic heterocycles. The highest BCUT2D eigenvalue weighted by molar-refractivity contribution is 6.05. The Labute approximate surface area is 158 Å². The Morgan fingerprint density at radius 3 is 2.37 bits per heavy atom. The van der Waals surface area contributed by atoms with Gasteiger partial charge in [-0.15, -0.1) is 0 Å². The number of hydrogen-bond acceptors (Lipinski definition) is 4. The number of anilines is 1. The minimum Gasteiger partial charge on any atom is -0.342 e. The number of aryl methyl sites for hydroxylation is 1. The van der Waals surface area contributed by atoms with Crippen LogP contribution >= 0.6 is 0 Å². The second-order valence-electron chi connectivity index (χ2n) is 6.40. The van der Waals surface area contributed by atoms with Crippen LogP contribution in [0.15, 0.2) is 42.7 Å². The van der Waals surface area contributed by atoms with Crippen LogP contribution in [0.3, 0.4) is 0 Å². The van der Waals surface area contributed by atoms with Crippen molar-refractivity contribution in [3.63, 3.8) is 0 Å². The van der Waals surface area contributed by atoms with E-state index in [4.69, 9.17) is 0 Å². The van der Waals surface area contributed by atoms with E-state index in [0.29, 0.717) is 43.0 Å². The molecule has 7 heteroatoms. The number of carbonyl (C=O) groups is 3. The number of carbonyl (C=O) groups excluding carboxylic acids is 3. The minimum absolute atomic E-state index is 0.185. The molecule has 3 rings (SSSR count). The molecule has 0 aliphatic carbocycles. The molecule has 1 aromatic heterocycles. The predicted molar refractivity (Wildman–Crippen MR) is 102 cm³/mol. The summed E-state index contributed by atoms with van der Waals surface area (Å²) in [5, 5.41) is 2.82. The average molecular weight is 366 g/mol. The molecule has 1 aliphatic rings. The van der Waals surface area contributed by atoms with E-state index in [0.717, 1.165) is 12.8 Å². The fourth-order valence-electron chi connectivity index (χ4n) is 2.92. The molecule has 0 radical (unpaired) electrons. The molecule has 1 aromatic carbocycles. The first-order valence-corrected chi connectivity index (χ1v) is 8.94. The van der Waals surface area contributed by atoms with Gasteiger partial charge in [0, 0.05) is 44.3 Å². The first-order chi connectivity index (χ1) is 13.1. The van der Waals surface area contributed by atoms with Crippen LogP contribution in [0.25, 0.3) is 0 Å². The number of amides is 3. The lowest BCUT2D eigenvalue weighted by atomic mass is 10.1. The van der Waals surface area contributed by atoms with Gasteiger partial charge in [0.05, 0.1) is 11.1 Å². The molecule has 3 amide bonds. The van der Waals surface area contributed by atoms with Crippen molar-refractivity contribution >= 4 is 23.9 Å². The van der Waals surface area contributed by atoms with E-state index in [1.807, 2.05) is 24.3 Å². The lowest BCUT2D eigenvalue weighted by Crippen LogP contribution is -2.48. The summed E-state index contributed by atoms with van der Waals surface area (Å²) in [7, 11) is 0. The Bertz CT molecular complexity index is 827. The number of nitrogens with zero attached hydrogens (tertiary/aromatic N) is 3. The van der Waals surface area contributed by atoms with Gasteiger partial charge in [0.2, 0.25) is 6.41 Å². The molecule has 2 heterocycles. The lowest BCUT2D eigenvalue weighted by molar-refractivity contribution is -0.119. The Hall–Kier alpha value is -3.22. The van der Waals surface area contributed by atoms with Gasteiger partial charge in [-0.1, -0.05) is 19.1 Å². The van der Waals surface area contributed by atoms with E-state index < -0.39 is 0 Å². The van der Waals surface area contributed by atoms with Crippen molar-refractivity contribution < 1.29 is 14.4 Å². The number of rotatable bonds is 5. The molecule has 0 saturated carbocycles. The summed E-state index contributed by atoms with van der Waals surface area (Å²) in [6, 6.07) is 9.19. The number of hydrogen-bond donors (Lipinski definition) is 1. The minimum atomic E-state index is -0.313. The summed E-state index contributed by atoms with van der Waals surface area (Å²) in [5.41, 5.74) is 2.58. The van der Waals surface area contributed by atoms with Crippen LogP contribution in [-0.2, 0) is 11.2 Å². The summed E-state index contributed by atoms with van der Waals surface area (Å²) in [5.74, 6) is -0.498. The molecule has 0 unspecified atom stereocenters. The molecule has 0 atom stereocenters. The van der Waals surface area contributed by atoms with E-state index in [9.17, 15) is 14.4 Å². The van der Waals surface area contributed by atoms with E-state index >= 15 is 0 Å². The normalized spacial score (nSPS) is 14.0. The summed E-state index contributed by atoms with van der Waals surface area (Å²) in [6.45, 7) is 4.03. The first-order valence-electron chi connectivity index (χ1n) is 8.94. The SMILES string of the molecule is CCc1ccc(NC(=O)c2cncc(C(=O)N3CCN(C=O)CC3)c2)cc1. The van der Waals surface area contributed by atoms with E-state index in [1.165, 1.54) is 18.0 Å². The predicted octanol–water partition coefficient (Wildman–Crippen LogP) is 1.81. The summed E-state index contributed by atoms with van der Waals surface area (Å²) >= 11 is 0. The van der Waals surface area contributed by atoms with E-state index in [2.05, 4.69) is 17.2 Å². The number of nitrogens with one attached hydrogen (secondary N) is 1. The topological polar surface area (TPSA) is 82.6 Å². The molecule has 1 fully saturated rings. The van der Waals surface area contributed by atoms with Crippen LogP contribution in [0.4, 0.5) is 5.69 Å². The molecule has 140 valence electrons. The maximum Gasteiger partial charge on any atom is 0.257 e. The zero-order valence-corrected chi connectivity index (χ0v) is 15.2. The maximum absolute atomic E-state index is 12.6. The maximum atomic E-state index is 12.6. The summed E-state index contributed by atoms with van der Waals surface area (Å²) in [4.78, 5) is 43.3. The molecular formula is C20H22N4O3. The highest BCUT2D eigenvalue weighted by atomic mass is 16.2. The lowest BCUT2D eigenvalue weighted by Gasteiger charge is -2.32. The van der Waals surface area contributed by atoms with Gasteiger partial charge in [-0.05, 0) is 30.2 Å². The third-order valence-electron chi connectivity index (χ3n) is 4.62. The molecule has 0 spiro atoms. The second-order valence-corrected chi connectivity index (χ2v) is 6.40. The van der Waals surface area contributed by atoms with Gasteiger partial charge in [0.25, 0.3) is 11.8 Å². The van der Waals surface area contributed by atoms with E-state index in [-0.39, 0.29) is 11.8 Å².